The van der Waals surface area contributed by atoms with Gasteiger partial charge in [0.1, 0.15) is 74.7 Å². The smallest absolute Gasteiger partial charge is 0.134 e. The van der Waals surface area contributed by atoms with Gasteiger partial charge in [0.05, 0.1) is 139 Å². The molecule has 10 rings (SSSR count). The van der Waals surface area contributed by atoms with Gasteiger partial charge < -0.3 is 145 Å². The molecule has 0 atom stereocenters. The highest BCUT2D eigenvalue weighted by Crippen LogP contribution is 2.15. The highest BCUT2D eigenvalue weighted by Gasteiger charge is 2.10. The third kappa shape index (κ3) is 90.5. The largest absolute Gasteiger partial charge is 0.385 e. The van der Waals surface area contributed by atoms with Gasteiger partial charge in [-0.15, -0.1) is 0 Å². The number of ether oxygens (including phenoxy) is 21. The third-order valence-electron chi connectivity index (χ3n) is 20.1. The van der Waals surface area contributed by atoms with Gasteiger partial charge in [0.2, 0.25) is 0 Å². The van der Waals surface area contributed by atoms with Crippen molar-refractivity contribution in [2.45, 2.75) is 256 Å². The minimum atomic E-state index is 0.463. The van der Waals surface area contributed by atoms with Crippen LogP contribution in [-0.4, -0.2) is 314 Å². The zero-order valence-corrected chi connectivity index (χ0v) is 93.9. The molecule has 0 radical (unpaired) electrons. The molecule has 149 heavy (non-hydrogen) atoms. The minimum absolute atomic E-state index is 0.463. The van der Waals surface area contributed by atoms with Crippen molar-refractivity contribution in [1.82, 2.24) is 51.6 Å². The maximum atomic E-state index is 5.46. The average molecular weight is 2120 g/mol. The molecule has 41 nitrogen and oxygen atoms in total. The highest BCUT2D eigenvalue weighted by atomic mass is 16.6. The van der Waals surface area contributed by atoms with Crippen LogP contribution < -0.4 is 0 Å². The summed E-state index contributed by atoms with van der Waals surface area (Å²) in [6, 6.07) is 19.4. The molecule has 0 saturated carbocycles. The van der Waals surface area contributed by atoms with Crippen LogP contribution >= 0.6 is 0 Å². The number of methoxy groups -OCH3 is 10. The van der Waals surface area contributed by atoms with Gasteiger partial charge in [-0.05, 0) is 217 Å². The quantitative estimate of drug-likeness (QED) is 0.0319. The molecule has 10 aromatic heterocycles. The van der Waals surface area contributed by atoms with Crippen LogP contribution in [0.15, 0.2) is 106 Å². The van der Waals surface area contributed by atoms with Gasteiger partial charge in [-0.3, -0.25) is 0 Å². The first-order valence-corrected chi connectivity index (χ1v) is 52.2. The molecular weight excluding hydrogens is 1930 g/mol. The topological polar surface area (TPSA) is 454 Å². The third-order valence-corrected chi connectivity index (χ3v) is 20.1. The number of aromatic nitrogens is 10. The summed E-state index contributed by atoms with van der Waals surface area (Å²) in [5.74, 6) is 8.52. The molecule has 0 N–H and O–H groups in total. The van der Waals surface area contributed by atoms with Crippen LogP contribution in [0, 0.1) is 69.2 Å². The lowest BCUT2D eigenvalue weighted by atomic mass is 10.1. The summed E-state index contributed by atoms with van der Waals surface area (Å²) < 4.78 is 158. The van der Waals surface area contributed by atoms with Crippen molar-refractivity contribution < 1.29 is 145 Å². The predicted octanol–water partition coefficient (Wildman–Crippen LogP) is 19.2. The molecule has 0 bridgehead atoms. The average Bonchev–Trinajstić information content (AvgIpc) is 1.87. The van der Waals surface area contributed by atoms with Crippen LogP contribution in [0.4, 0.5) is 0 Å². The lowest BCUT2D eigenvalue weighted by Crippen LogP contribution is -2.08. The van der Waals surface area contributed by atoms with Gasteiger partial charge in [0, 0.05) is 257 Å². The summed E-state index contributed by atoms with van der Waals surface area (Å²) in [5.41, 5.74) is 9.58. The van der Waals surface area contributed by atoms with Gasteiger partial charge in [0.25, 0.3) is 0 Å². The van der Waals surface area contributed by atoms with Gasteiger partial charge >= 0.3 is 0 Å². The molecule has 854 valence electrons. The van der Waals surface area contributed by atoms with E-state index in [1.807, 2.05) is 130 Å². The lowest BCUT2D eigenvalue weighted by Gasteiger charge is -2.03. The molecular formula is C108H186N10O31. The van der Waals surface area contributed by atoms with E-state index in [1.165, 1.54) is 6.42 Å². The summed E-state index contributed by atoms with van der Waals surface area (Å²) in [4.78, 5) is 0. The van der Waals surface area contributed by atoms with E-state index in [9.17, 15) is 0 Å². The van der Waals surface area contributed by atoms with Crippen molar-refractivity contribution in [2.75, 3.05) is 263 Å². The monoisotopic (exact) mass is 2120 g/mol. The zero-order valence-electron chi connectivity index (χ0n) is 93.9. The van der Waals surface area contributed by atoms with Crippen molar-refractivity contribution in [2.24, 2.45) is 0 Å². The fraction of sp³-hybridized carbons (Fsp3) is 0.722. The van der Waals surface area contributed by atoms with E-state index in [4.69, 9.17) is 145 Å². The first-order chi connectivity index (χ1) is 72.8. The van der Waals surface area contributed by atoms with Crippen molar-refractivity contribution in [3.8, 4) is 0 Å². The molecule has 41 heteroatoms. The Kier molecular flexibility index (Phi) is 96.2. The molecule has 0 amide bonds. The van der Waals surface area contributed by atoms with E-state index >= 15 is 0 Å². The summed E-state index contributed by atoms with van der Waals surface area (Å²) in [7, 11) is 16.9. The second-order valence-corrected chi connectivity index (χ2v) is 34.2. The zero-order chi connectivity index (χ0) is 109. The van der Waals surface area contributed by atoms with Crippen molar-refractivity contribution in [3.05, 3.63) is 175 Å². The van der Waals surface area contributed by atoms with Crippen LogP contribution in [0.2, 0.25) is 0 Å². The van der Waals surface area contributed by atoms with Crippen LogP contribution in [-0.2, 0) is 164 Å². The Morgan fingerprint density at radius 1 is 0.134 bits per heavy atom. The van der Waals surface area contributed by atoms with Gasteiger partial charge in [-0.2, -0.15) is 0 Å². The fourth-order valence-corrected chi connectivity index (χ4v) is 12.5. The first-order valence-electron chi connectivity index (χ1n) is 52.2. The summed E-state index contributed by atoms with van der Waals surface area (Å²) in [5, 5.41) is 38.9. The molecule has 0 aromatic carbocycles. The summed E-state index contributed by atoms with van der Waals surface area (Å²) in [6.07, 6.45) is 26.4. The van der Waals surface area contributed by atoms with Gasteiger partial charge in [0.15, 0.2) is 0 Å². The van der Waals surface area contributed by atoms with Crippen LogP contribution in [0.1, 0.15) is 237 Å². The Labute approximate surface area is 886 Å². The van der Waals surface area contributed by atoms with Crippen LogP contribution in [0.5, 0.6) is 0 Å². The molecule has 0 fully saturated rings. The maximum Gasteiger partial charge on any atom is 0.134 e. The van der Waals surface area contributed by atoms with E-state index < -0.39 is 0 Å². The van der Waals surface area contributed by atoms with Crippen molar-refractivity contribution >= 4 is 0 Å². The SMILES string of the molecule is COCCCCCOCc1cc(C)on1.COCCCCOCCc1cc(C)on1.COCCCCOCc1cc(C)on1.COCCCOCCCCc1cc(C)on1.COCCCOCCCc1cc(C)on1.COCCCOCCc1cc(C)on1.COCCOCCCCCc1cc(C)on1.COCCOCCCCc1cc(C)on1.COCCOCCCc1cc(C)on1.COCCOCCOCc1cc(C)on1. The van der Waals surface area contributed by atoms with E-state index in [2.05, 4.69) is 51.6 Å². The molecule has 0 aliphatic rings. The first kappa shape index (κ1) is 138. The summed E-state index contributed by atoms with van der Waals surface area (Å²) >= 11 is 0. The van der Waals surface area contributed by atoms with E-state index in [0.717, 1.165) is 387 Å². The van der Waals surface area contributed by atoms with Crippen molar-refractivity contribution in [3.63, 3.8) is 0 Å². The number of nitrogens with zero attached hydrogens (tertiary/aromatic N) is 10. The standard InChI is InChI=1S/2C12H21NO3.4C11H19NO3.C10H17NO4.3C10H17NO3/c1-11-10-12(13-16-11)6-3-4-8-15-9-5-7-14-2;1-11-10-12(13-16-11)6-4-3-5-7-15-9-8-14-2;1-10-9-11(12-15-10)5-3-7-14-8-4-6-13-2;1-10-9-11(12-15-10)5-8-14-7-4-3-6-13-2;1-10-9-11(12-15-10)5-3-4-6-14-8-7-13-2;1-10-8-11(12-15-10)9-14-7-5-3-4-6-13-2;1-9-7-10(11-15-9)8-14-6-5-13-4-3-12-2;1-9-8-10(11-14-9)4-7-13-6-3-5-12-2;1-9-8-10(11-14-9)4-3-5-13-7-6-12-2;1-9-7-10(11-14-9)8-13-6-4-3-5-12-2/h2*10H,3-9H2,1-2H3;3*9H,3-8H2,1-2H3;8H,3-7,9H2,1-2H3;7H,3-6,8H2,1-2H3;2*8H,3-7H2,1-2H3;7H,3-6,8H2,1-2H3. The van der Waals surface area contributed by atoms with E-state index in [0.29, 0.717) is 99.1 Å². The van der Waals surface area contributed by atoms with Gasteiger partial charge in [-0.1, -0.05) is 58.0 Å². The van der Waals surface area contributed by atoms with Crippen molar-refractivity contribution in [1.29, 1.82) is 0 Å². The molecule has 0 spiro atoms. The Hall–Kier alpha value is -8.74. The number of hydrogen-bond acceptors (Lipinski definition) is 41. The molecule has 0 aliphatic heterocycles. The van der Waals surface area contributed by atoms with E-state index in [1.54, 1.807) is 71.1 Å². The van der Waals surface area contributed by atoms with Crippen LogP contribution in [0.25, 0.3) is 0 Å². The predicted molar refractivity (Wildman–Crippen MR) is 560 cm³/mol. The highest BCUT2D eigenvalue weighted by molar-refractivity contribution is 5.09. The number of rotatable bonds is 79. The molecule has 0 saturated heterocycles. The number of hydrogen-bond donors (Lipinski definition) is 0. The second kappa shape index (κ2) is 104. The molecule has 10 aromatic rings. The molecule has 0 unspecified atom stereocenters. The van der Waals surface area contributed by atoms with E-state index in [-0.39, 0.29) is 0 Å². The fourth-order valence-electron chi connectivity index (χ4n) is 12.5. The minimum Gasteiger partial charge on any atom is -0.385 e. The maximum absolute atomic E-state index is 5.46. The molecule has 10 heterocycles. The lowest BCUT2D eigenvalue weighted by molar-refractivity contribution is 0.0187. The Bertz CT molecular complexity index is 3890. The second-order valence-electron chi connectivity index (χ2n) is 34.2. The normalized spacial score (nSPS) is 10.8. The Morgan fingerprint density at radius 2 is 0.282 bits per heavy atom. The Morgan fingerprint density at radius 3 is 0.537 bits per heavy atom. The summed E-state index contributed by atoms with van der Waals surface area (Å²) in [6.45, 7) is 41.5. The molecule has 0 aliphatic carbocycles. The number of aryl methyl sites for hydroxylation is 15. The Balaban J connectivity index is 0.000000828. The van der Waals surface area contributed by atoms with Crippen LogP contribution in [0.3, 0.4) is 0 Å². The van der Waals surface area contributed by atoms with Gasteiger partial charge in [-0.25, -0.2) is 0 Å². The number of unbranched alkanes of at least 4 members (excludes halogenated alkanes) is 8.